The van der Waals surface area contributed by atoms with Crippen LogP contribution in [0.2, 0.25) is 0 Å². The predicted molar refractivity (Wildman–Crippen MR) is 73.8 cm³/mol. The third-order valence-electron chi connectivity index (χ3n) is 3.40. The van der Waals surface area contributed by atoms with Crippen LogP contribution in [-0.2, 0) is 4.79 Å². The Balaban J connectivity index is 1.96. The summed E-state index contributed by atoms with van der Waals surface area (Å²) in [4.78, 5) is 26.7. The molecule has 114 valence electrons. The molecule has 1 aliphatic heterocycles. The Labute approximate surface area is 121 Å². The monoisotopic (exact) mass is 297 g/mol. The van der Waals surface area contributed by atoms with Gasteiger partial charge in [0.15, 0.2) is 11.6 Å². The molecule has 0 bridgehead atoms. The normalized spacial score (nSPS) is 15.6. The third kappa shape index (κ3) is 3.90. The number of carbonyl (C=O) groups excluding carboxylic acids is 2. The van der Waals surface area contributed by atoms with Crippen molar-refractivity contribution in [1.29, 1.82) is 0 Å². The Morgan fingerprint density at radius 1 is 1.05 bits per heavy atom. The van der Waals surface area contributed by atoms with Crippen LogP contribution in [0.25, 0.3) is 0 Å². The van der Waals surface area contributed by atoms with Crippen molar-refractivity contribution in [1.82, 2.24) is 9.80 Å². The lowest BCUT2D eigenvalue weighted by Crippen LogP contribution is -2.38. The van der Waals surface area contributed by atoms with Gasteiger partial charge in [-0.3, -0.25) is 4.79 Å². The Kier molecular flexibility index (Phi) is 4.72. The van der Waals surface area contributed by atoms with Crippen LogP contribution in [0.1, 0.15) is 13.3 Å². The molecule has 1 aromatic carbocycles. The van der Waals surface area contributed by atoms with E-state index in [2.05, 4.69) is 5.32 Å². The molecule has 7 heteroatoms. The number of urea groups is 1. The maximum atomic E-state index is 13.1. The summed E-state index contributed by atoms with van der Waals surface area (Å²) in [6.07, 6.45) is 0.685. The summed E-state index contributed by atoms with van der Waals surface area (Å²) in [6, 6.07) is 2.82. The fourth-order valence-electron chi connectivity index (χ4n) is 2.21. The second-order valence-corrected chi connectivity index (χ2v) is 4.91. The highest BCUT2D eigenvalue weighted by atomic mass is 19.2. The lowest BCUT2D eigenvalue weighted by atomic mass is 10.3. The van der Waals surface area contributed by atoms with Crippen molar-refractivity contribution in [3.8, 4) is 0 Å². The van der Waals surface area contributed by atoms with E-state index >= 15 is 0 Å². The van der Waals surface area contributed by atoms with Gasteiger partial charge in [-0.2, -0.15) is 0 Å². The predicted octanol–water partition coefficient (Wildman–Crippen LogP) is 2.05. The van der Waals surface area contributed by atoms with Crippen molar-refractivity contribution < 1.29 is 18.4 Å². The van der Waals surface area contributed by atoms with E-state index in [9.17, 15) is 18.4 Å². The quantitative estimate of drug-likeness (QED) is 0.862. The summed E-state index contributed by atoms with van der Waals surface area (Å²) < 4.78 is 25.9. The molecule has 1 N–H and O–H groups in total. The molecule has 0 saturated carbocycles. The van der Waals surface area contributed by atoms with E-state index < -0.39 is 11.6 Å². The maximum absolute atomic E-state index is 13.1. The molecule has 3 amide bonds. The number of amides is 3. The first-order valence-electron chi connectivity index (χ1n) is 6.74. The van der Waals surface area contributed by atoms with Crippen LogP contribution in [0.4, 0.5) is 19.3 Å². The molecule has 0 atom stereocenters. The average Bonchev–Trinajstić information content (AvgIpc) is 2.69. The molecular weight excluding hydrogens is 280 g/mol. The molecule has 1 saturated heterocycles. The molecule has 1 aromatic rings. The Bertz CT molecular complexity index is 551. The van der Waals surface area contributed by atoms with Crippen molar-refractivity contribution in [2.24, 2.45) is 0 Å². The summed E-state index contributed by atoms with van der Waals surface area (Å²) in [5, 5.41) is 2.53. The maximum Gasteiger partial charge on any atom is 0.321 e. The fraction of sp³-hybridized carbons (Fsp3) is 0.429. The number of nitrogens with one attached hydrogen (secondary N) is 1. The molecule has 2 rings (SSSR count). The first-order chi connectivity index (χ1) is 9.97. The molecule has 0 aromatic heterocycles. The summed E-state index contributed by atoms with van der Waals surface area (Å²) in [5.74, 6) is -1.98. The second kappa shape index (κ2) is 6.51. The number of halogens is 2. The molecule has 5 nitrogen and oxygen atoms in total. The summed E-state index contributed by atoms with van der Waals surface area (Å²) >= 11 is 0. The van der Waals surface area contributed by atoms with Gasteiger partial charge in [0.05, 0.1) is 0 Å². The van der Waals surface area contributed by atoms with E-state index in [1.54, 1.807) is 9.80 Å². The molecular formula is C14H17F2N3O2. The molecule has 1 fully saturated rings. The van der Waals surface area contributed by atoms with Crippen molar-refractivity contribution in [2.75, 3.05) is 31.5 Å². The standard InChI is InChI=1S/C14H17F2N3O2/c1-10(20)18-5-2-6-19(8-7-18)14(21)17-11-3-4-12(15)13(16)9-11/h3-4,9H,2,5-8H2,1H3,(H,17,21). The topological polar surface area (TPSA) is 52.7 Å². The van der Waals surface area contributed by atoms with Crippen LogP contribution in [-0.4, -0.2) is 47.9 Å². The number of rotatable bonds is 1. The van der Waals surface area contributed by atoms with Crippen molar-refractivity contribution in [3.63, 3.8) is 0 Å². The lowest BCUT2D eigenvalue weighted by molar-refractivity contribution is -0.128. The zero-order chi connectivity index (χ0) is 15.4. The molecule has 1 heterocycles. The highest BCUT2D eigenvalue weighted by Crippen LogP contribution is 2.14. The van der Waals surface area contributed by atoms with E-state index in [-0.39, 0.29) is 17.6 Å². The number of nitrogens with zero attached hydrogens (tertiary/aromatic N) is 2. The van der Waals surface area contributed by atoms with Crippen LogP contribution in [0.15, 0.2) is 18.2 Å². The number of carbonyl (C=O) groups is 2. The van der Waals surface area contributed by atoms with Crippen LogP contribution in [0, 0.1) is 11.6 Å². The van der Waals surface area contributed by atoms with Crippen molar-refractivity contribution >= 4 is 17.6 Å². The van der Waals surface area contributed by atoms with Gasteiger partial charge in [0, 0.05) is 44.9 Å². The first-order valence-corrected chi connectivity index (χ1v) is 6.74. The van der Waals surface area contributed by atoms with Crippen LogP contribution < -0.4 is 5.32 Å². The summed E-state index contributed by atoms with van der Waals surface area (Å²) in [7, 11) is 0. The van der Waals surface area contributed by atoms with Gasteiger partial charge < -0.3 is 15.1 Å². The minimum atomic E-state index is -1.01. The average molecular weight is 297 g/mol. The van der Waals surface area contributed by atoms with E-state index in [4.69, 9.17) is 0 Å². The minimum absolute atomic E-state index is 0.0159. The number of benzene rings is 1. The Hall–Kier alpha value is -2.18. The van der Waals surface area contributed by atoms with Crippen LogP contribution in [0.3, 0.4) is 0 Å². The van der Waals surface area contributed by atoms with E-state index in [1.807, 2.05) is 0 Å². The first kappa shape index (κ1) is 15.2. The summed E-state index contributed by atoms with van der Waals surface area (Å²) in [6.45, 7) is 3.51. The molecule has 21 heavy (non-hydrogen) atoms. The molecule has 0 radical (unpaired) electrons. The number of hydrogen-bond acceptors (Lipinski definition) is 2. The molecule has 0 aliphatic carbocycles. The highest BCUT2D eigenvalue weighted by Gasteiger charge is 2.20. The van der Waals surface area contributed by atoms with E-state index in [0.29, 0.717) is 32.6 Å². The lowest BCUT2D eigenvalue weighted by Gasteiger charge is -2.21. The van der Waals surface area contributed by atoms with Crippen molar-refractivity contribution in [3.05, 3.63) is 29.8 Å². The molecule has 0 spiro atoms. The number of hydrogen-bond donors (Lipinski definition) is 1. The van der Waals surface area contributed by atoms with Crippen LogP contribution in [0.5, 0.6) is 0 Å². The Morgan fingerprint density at radius 2 is 1.71 bits per heavy atom. The van der Waals surface area contributed by atoms with Gasteiger partial charge in [0.2, 0.25) is 5.91 Å². The SMILES string of the molecule is CC(=O)N1CCCN(C(=O)Nc2ccc(F)c(F)c2)CC1. The number of anilines is 1. The van der Waals surface area contributed by atoms with Gasteiger partial charge in [0.1, 0.15) is 0 Å². The van der Waals surface area contributed by atoms with Gasteiger partial charge in [-0.25, -0.2) is 13.6 Å². The zero-order valence-electron chi connectivity index (χ0n) is 11.7. The van der Waals surface area contributed by atoms with Gasteiger partial charge in [-0.05, 0) is 18.6 Å². The van der Waals surface area contributed by atoms with Gasteiger partial charge in [-0.1, -0.05) is 0 Å². The smallest absolute Gasteiger partial charge is 0.321 e. The van der Waals surface area contributed by atoms with E-state index in [0.717, 1.165) is 12.1 Å². The summed E-state index contributed by atoms with van der Waals surface area (Å²) in [5.41, 5.74) is 0.201. The van der Waals surface area contributed by atoms with Gasteiger partial charge >= 0.3 is 6.03 Å². The fourth-order valence-corrected chi connectivity index (χ4v) is 2.21. The second-order valence-electron chi connectivity index (χ2n) is 4.91. The zero-order valence-corrected chi connectivity index (χ0v) is 11.7. The van der Waals surface area contributed by atoms with Crippen molar-refractivity contribution in [2.45, 2.75) is 13.3 Å². The molecule has 1 aliphatic rings. The van der Waals surface area contributed by atoms with E-state index in [1.165, 1.54) is 13.0 Å². The highest BCUT2D eigenvalue weighted by molar-refractivity contribution is 5.89. The molecule has 0 unspecified atom stereocenters. The van der Waals surface area contributed by atoms with Crippen LogP contribution >= 0.6 is 0 Å². The van der Waals surface area contributed by atoms with Gasteiger partial charge in [-0.15, -0.1) is 0 Å². The van der Waals surface area contributed by atoms with Gasteiger partial charge in [0.25, 0.3) is 0 Å². The minimum Gasteiger partial charge on any atom is -0.341 e. The Morgan fingerprint density at radius 3 is 2.38 bits per heavy atom. The largest absolute Gasteiger partial charge is 0.341 e. The third-order valence-corrected chi connectivity index (χ3v) is 3.40.